The van der Waals surface area contributed by atoms with Gasteiger partial charge in [0, 0.05) is 11.6 Å². The summed E-state index contributed by atoms with van der Waals surface area (Å²) in [5, 5.41) is 5.93. The monoisotopic (exact) mass is 542 g/mol. The highest BCUT2D eigenvalue weighted by Crippen LogP contribution is 2.25. The highest BCUT2D eigenvalue weighted by atomic mass is 79.9. The number of anilines is 1. The highest BCUT2D eigenvalue weighted by molar-refractivity contribution is 9.10. The second-order valence-corrected chi connectivity index (χ2v) is 8.65. The van der Waals surface area contributed by atoms with E-state index in [0.717, 1.165) is 17.3 Å². The number of amides is 1. The van der Waals surface area contributed by atoms with Crippen LogP contribution in [0.2, 0.25) is 0 Å². The van der Waals surface area contributed by atoms with Gasteiger partial charge in [0.05, 0.1) is 24.5 Å². The van der Waals surface area contributed by atoms with Crippen LogP contribution in [-0.4, -0.2) is 38.0 Å². The maximum atomic E-state index is 12.9. The van der Waals surface area contributed by atoms with Crippen LogP contribution >= 0.6 is 28.1 Å². The van der Waals surface area contributed by atoms with E-state index >= 15 is 0 Å². The van der Waals surface area contributed by atoms with Gasteiger partial charge in [0.2, 0.25) is 0 Å². The van der Waals surface area contributed by atoms with Gasteiger partial charge >= 0.3 is 0 Å². The maximum absolute atomic E-state index is 12.9. The van der Waals surface area contributed by atoms with E-state index in [1.165, 1.54) is 5.56 Å². The standard InChI is InChI=1S/C26H27BrN2O4S/c1-31-16-17-33-23-14-13-20(27)18-21(23)25(30)29-26(34)28-22-11-5-6-12-24(22)32-15-7-10-19-8-3-2-4-9-19/h2-6,8-9,11-14,18H,7,10,15-17H2,1H3,(H2,28,29,30,34). The number of carbonyl (C=O) groups excluding carboxylic acids is 1. The number of ether oxygens (including phenoxy) is 3. The molecule has 0 bridgehead atoms. The van der Waals surface area contributed by atoms with Crippen LogP contribution in [0.5, 0.6) is 11.5 Å². The Morgan fingerprint density at radius 3 is 2.44 bits per heavy atom. The maximum Gasteiger partial charge on any atom is 0.261 e. The summed E-state index contributed by atoms with van der Waals surface area (Å²) in [6, 6.07) is 23.0. The summed E-state index contributed by atoms with van der Waals surface area (Å²) < 4.78 is 17.4. The van der Waals surface area contributed by atoms with Gasteiger partial charge < -0.3 is 19.5 Å². The molecular weight excluding hydrogens is 516 g/mol. The van der Waals surface area contributed by atoms with Crippen molar-refractivity contribution in [2.24, 2.45) is 0 Å². The molecule has 0 aliphatic rings. The Morgan fingerprint density at radius 1 is 0.912 bits per heavy atom. The zero-order valence-corrected chi connectivity index (χ0v) is 21.3. The molecule has 0 aliphatic carbocycles. The number of benzene rings is 3. The summed E-state index contributed by atoms with van der Waals surface area (Å²) in [7, 11) is 1.59. The molecular formula is C26H27BrN2O4S. The van der Waals surface area contributed by atoms with Crippen LogP contribution in [0.1, 0.15) is 22.3 Å². The molecule has 8 heteroatoms. The van der Waals surface area contributed by atoms with Crippen molar-refractivity contribution in [1.82, 2.24) is 5.32 Å². The Kier molecular flexibility index (Phi) is 10.3. The van der Waals surface area contributed by atoms with Gasteiger partial charge in [0.25, 0.3) is 5.91 Å². The molecule has 0 spiro atoms. The van der Waals surface area contributed by atoms with Crippen molar-refractivity contribution >= 4 is 44.9 Å². The molecule has 0 saturated carbocycles. The Morgan fingerprint density at radius 2 is 1.65 bits per heavy atom. The first kappa shape index (κ1) is 25.7. The summed E-state index contributed by atoms with van der Waals surface area (Å²) in [5.41, 5.74) is 2.32. The number of hydrogen-bond donors (Lipinski definition) is 2. The molecule has 6 nitrogen and oxygen atoms in total. The zero-order valence-electron chi connectivity index (χ0n) is 18.9. The molecule has 0 atom stereocenters. The van der Waals surface area contributed by atoms with Gasteiger partial charge in [0.15, 0.2) is 5.11 Å². The molecule has 0 unspecified atom stereocenters. The summed E-state index contributed by atoms with van der Waals surface area (Å²) in [6.07, 6.45) is 1.82. The number of halogens is 1. The number of hydrogen-bond acceptors (Lipinski definition) is 5. The minimum atomic E-state index is -0.382. The van der Waals surface area contributed by atoms with E-state index in [-0.39, 0.29) is 11.0 Å². The van der Waals surface area contributed by atoms with Gasteiger partial charge in [-0.3, -0.25) is 10.1 Å². The molecule has 34 heavy (non-hydrogen) atoms. The van der Waals surface area contributed by atoms with Crippen molar-refractivity contribution in [3.63, 3.8) is 0 Å². The van der Waals surface area contributed by atoms with Crippen LogP contribution < -0.4 is 20.1 Å². The second-order valence-electron chi connectivity index (χ2n) is 7.32. The quantitative estimate of drug-likeness (QED) is 0.242. The molecule has 0 aliphatic heterocycles. The molecule has 0 fully saturated rings. The van der Waals surface area contributed by atoms with Crippen molar-refractivity contribution in [3.8, 4) is 11.5 Å². The van der Waals surface area contributed by atoms with Crippen LogP contribution in [0.3, 0.4) is 0 Å². The van der Waals surface area contributed by atoms with E-state index in [2.05, 4.69) is 38.7 Å². The minimum absolute atomic E-state index is 0.160. The van der Waals surface area contributed by atoms with Crippen molar-refractivity contribution in [3.05, 3.63) is 88.4 Å². The number of thiocarbonyl (C=S) groups is 1. The lowest BCUT2D eigenvalue weighted by molar-refractivity contribution is 0.0969. The fourth-order valence-corrected chi connectivity index (χ4v) is 3.73. The molecule has 3 rings (SSSR count). The normalized spacial score (nSPS) is 10.4. The van der Waals surface area contributed by atoms with Gasteiger partial charge in [-0.2, -0.15) is 0 Å². The Balaban J connectivity index is 1.57. The molecule has 2 N–H and O–H groups in total. The van der Waals surface area contributed by atoms with Gasteiger partial charge in [-0.25, -0.2) is 0 Å². The third-order valence-electron chi connectivity index (χ3n) is 4.80. The third kappa shape index (κ3) is 8.13. The third-order valence-corrected chi connectivity index (χ3v) is 5.50. The molecule has 178 valence electrons. The lowest BCUT2D eigenvalue weighted by Crippen LogP contribution is -2.34. The lowest BCUT2D eigenvalue weighted by atomic mass is 10.1. The Bertz CT molecular complexity index is 1100. The first-order chi connectivity index (χ1) is 16.6. The number of carbonyl (C=O) groups is 1. The average Bonchev–Trinajstić information content (AvgIpc) is 2.84. The van der Waals surface area contributed by atoms with E-state index in [9.17, 15) is 4.79 Å². The summed E-state index contributed by atoms with van der Waals surface area (Å²) in [5.74, 6) is 0.730. The highest BCUT2D eigenvalue weighted by Gasteiger charge is 2.16. The number of rotatable bonds is 11. The van der Waals surface area contributed by atoms with Crippen molar-refractivity contribution in [2.45, 2.75) is 12.8 Å². The molecule has 1 amide bonds. The topological polar surface area (TPSA) is 68.8 Å². The van der Waals surface area contributed by atoms with E-state index < -0.39 is 0 Å². The number of methoxy groups -OCH3 is 1. The molecule has 0 heterocycles. The zero-order chi connectivity index (χ0) is 24.2. The summed E-state index contributed by atoms with van der Waals surface area (Å²) in [4.78, 5) is 12.9. The Labute approximate surface area is 213 Å². The first-order valence-electron chi connectivity index (χ1n) is 10.9. The predicted octanol–water partition coefficient (Wildman–Crippen LogP) is 5.61. The van der Waals surface area contributed by atoms with E-state index in [4.69, 9.17) is 26.4 Å². The largest absolute Gasteiger partial charge is 0.491 e. The molecule has 0 radical (unpaired) electrons. The van der Waals surface area contributed by atoms with Crippen molar-refractivity contribution in [1.29, 1.82) is 0 Å². The minimum Gasteiger partial charge on any atom is -0.491 e. The molecule has 0 saturated heterocycles. The summed E-state index contributed by atoms with van der Waals surface area (Å²) in [6.45, 7) is 1.31. The van der Waals surface area contributed by atoms with E-state index in [1.54, 1.807) is 25.3 Å². The summed E-state index contributed by atoms with van der Waals surface area (Å²) >= 11 is 8.78. The van der Waals surface area contributed by atoms with Crippen LogP contribution in [-0.2, 0) is 11.2 Å². The van der Waals surface area contributed by atoms with Gasteiger partial charge in [-0.1, -0.05) is 58.4 Å². The number of aryl methyl sites for hydroxylation is 1. The van der Waals surface area contributed by atoms with E-state index in [0.29, 0.717) is 42.6 Å². The number of para-hydroxylation sites is 2. The SMILES string of the molecule is COCCOc1ccc(Br)cc1C(=O)NC(=S)Nc1ccccc1OCCCc1ccccc1. The number of nitrogens with one attached hydrogen (secondary N) is 2. The Hall–Kier alpha value is -2.94. The second kappa shape index (κ2) is 13.7. The first-order valence-corrected chi connectivity index (χ1v) is 12.1. The van der Waals surface area contributed by atoms with Crippen LogP contribution in [0.15, 0.2) is 77.3 Å². The van der Waals surface area contributed by atoms with Gasteiger partial charge in [-0.15, -0.1) is 0 Å². The lowest BCUT2D eigenvalue weighted by Gasteiger charge is -2.15. The molecule has 3 aromatic carbocycles. The van der Waals surface area contributed by atoms with Crippen LogP contribution in [0.4, 0.5) is 5.69 Å². The van der Waals surface area contributed by atoms with Gasteiger partial charge in [-0.05, 0) is 61.0 Å². The van der Waals surface area contributed by atoms with Crippen molar-refractivity contribution < 1.29 is 19.0 Å². The fraction of sp³-hybridized carbons (Fsp3) is 0.231. The van der Waals surface area contributed by atoms with E-state index in [1.807, 2.05) is 42.5 Å². The van der Waals surface area contributed by atoms with Crippen LogP contribution in [0, 0.1) is 0 Å². The smallest absolute Gasteiger partial charge is 0.261 e. The molecule has 3 aromatic rings. The van der Waals surface area contributed by atoms with Crippen molar-refractivity contribution in [2.75, 3.05) is 32.2 Å². The van der Waals surface area contributed by atoms with Gasteiger partial charge in [0.1, 0.15) is 18.1 Å². The fourth-order valence-electron chi connectivity index (χ4n) is 3.16. The molecule has 0 aromatic heterocycles. The average molecular weight is 543 g/mol. The predicted molar refractivity (Wildman–Crippen MR) is 142 cm³/mol. The van der Waals surface area contributed by atoms with Crippen LogP contribution in [0.25, 0.3) is 0 Å².